The maximum Gasteiger partial charge on any atom is 0.187 e. The predicted molar refractivity (Wildman–Crippen MR) is 133 cm³/mol. The smallest absolute Gasteiger partial charge is 0.187 e. The second-order valence-electron chi connectivity index (χ2n) is 9.71. The lowest BCUT2D eigenvalue weighted by Crippen LogP contribution is -2.62. The number of rotatable bonds is 6. The molecule has 1 aromatic carbocycles. The van der Waals surface area contributed by atoms with Crippen LogP contribution in [0.15, 0.2) is 35.7 Å². The second kappa shape index (κ2) is 9.51. The molecule has 1 aliphatic carbocycles. The number of phenols is 1. The lowest BCUT2D eigenvalue weighted by atomic mass is 9.82. The number of hydrogen-bond donors (Lipinski definition) is 2. The Morgan fingerprint density at radius 3 is 2.69 bits per heavy atom. The van der Waals surface area contributed by atoms with Crippen LogP contribution in [-0.2, 0) is 0 Å². The van der Waals surface area contributed by atoms with E-state index in [9.17, 15) is 9.50 Å². The van der Waals surface area contributed by atoms with Crippen molar-refractivity contribution >= 4 is 17.6 Å². The standard InChI is InChI=1S/C25H27F2N7OS/c1-36-25-29-11-17(26)23(31-25)13-5-8-16(20(35)9-13)24-28-12-21(32-33-24)34(15-6-7-15)19-10-14-3-2-4-18(30-14)22(19)27/h5,8-9,11-12,14-15,18-19,22,30,35H,2-4,6-7,10H2,1H3/t14-,18+,19+,22-/m1/s1. The molecular weight excluding hydrogens is 484 g/mol. The molecule has 2 saturated heterocycles. The van der Waals surface area contributed by atoms with Gasteiger partial charge in [-0.1, -0.05) is 24.2 Å². The van der Waals surface area contributed by atoms with Crippen molar-refractivity contribution in [2.45, 2.75) is 74.0 Å². The summed E-state index contributed by atoms with van der Waals surface area (Å²) in [5.41, 5.74) is 0.898. The fraction of sp³-hybridized carbons (Fsp3) is 0.480. The van der Waals surface area contributed by atoms with E-state index in [1.807, 2.05) is 0 Å². The first kappa shape index (κ1) is 23.5. The van der Waals surface area contributed by atoms with Crippen LogP contribution in [0, 0.1) is 5.82 Å². The van der Waals surface area contributed by atoms with E-state index in [4.69, 9.17) is 0 Å². The summed E-state index contributed by atoms with van der Waals surface area (Å²) in [6, 6.07) is 4.95. The van der Waals surface area contributed by atoms with E-state index in [1.54, 1.807) is 24.6 Å². The number of aromatic nitrogens is 5. The first-order valence-corrected chi connectivity index (χ1v) is 13.5. The SMILES string of the molecule is CSc1ncc(F)c(-c2ccc(-c3ncc(N(C4CC4)[C@H]4C[C@H]5CCC[C@H](N5)[C@H]4F)nn3)c(O)c2)n1. The van der Waals surface area contributed by atoms with Gasteiger partial charge in [0.25, 0.3) is 0 Å². The van der Waals surface area contributed by atoms with Gasteiger partial charge in [0.15, 0.2) is 22.6 Å². The molecule has 0 spiro atoms. The largest absolute Gasteiger partial charge is 0.507 e. The van der Waals surface area contributed by atoms with Crippen molar-refractivity contribution in [3.05, 3.63) is 36.4 Å². The maximum absolute atomic E-state index is 15.5. The normalized spacial score (nSPS) is 25.5. The van der Waals surface area contributed by atoms with Crippen LogP contribution in [0.1, 0.15) is 38.5 Å². The molecule has 188 valence electrons. The van der Waals surface area contributed by atoms with Crippen LogP contribution in [0.5, 0.6) is 5.75 Å². The summed E-state index contributed by atoms with van der Waals surface area (Å²) in [5, 5.41) is 23.3. The average molecular weight is 512 g/mol. The Kier molecular flexibility index (Phi) is 6.20. The van der Waals surface area contributed by atoms with Gasteiger partial charge in [-0.2, -0.15) is 0 Å². The van der Waals surface area contributed by atoms with Crippen LogP contribution in [0.25, 0.3) is 22.6 Å². The van der Waals surface area contributed by atoms with E-state index in [0.717, 1.165) is 44.7 Å². The van der Waals surface area contributed by atoms with Gasteiger partial charge in [0.2, 0.25) is 0 Å². The quantitative estimate of drug-likeness (QED) is 0.373. The maximum atomic E-state index is 15.5. The third-order valence-electron chi connectivity index (χ3n) is 7.32. The van der Waals surface area contributed by atoms with Crippen LogP contribution >= 0.6 is 11.8 Å². The summed E-state index contributed by atoms with van der Waals surface area (Å²) in [4.78, 5) is 14.7. The molecule has 4 atom stereocenters. The highest BCUT2D eigenvalue weighted by molar-refractivity contribution is 7.98. The Hall–Kier alpha value is -2.92. The monoisotopic (exact) mass is 511 g/mol. The van der Waals surface area contributed by atoms with E-state index >= 15 is 4.39 Å². The molecule has 0 radical (unpaired) electrons. The summed E-state index contributed by atoms with van der Waals surface area (Å²) in [7, 11) is 0. The molecule has 0 unspecified atom stereocenters. The van der Waals surface area contributed by atoms with E-state index in [1.165, 1.54) is 17.8 Å². The zero-order valence-electron chi connectivity index (χ0n) is 19.8. The zero-order valence-corrected chi connectivity index (χ0v) is 20.6. The van der Waals surface area contributed by atoms with Crippen LogP contribution in [-0.4, -0.2) is 66.9 Å². The number of anilines is 1. The lowest BCUT2D eigenvalue weighted by molar-refractivity contribution is 0.104. The molecular formula is C25H27F2N7OS. The number of alkyl halides is 1. The summed E-state index contributed by atoms with van der Waals surface area (Å²) < 4.78 is 29.8. The number of nitrogens with zero attached hydrogens (tertiary/aromatic N) is 6. The minimum Gasteiger partial charge on any atom is -0.507 e. The highest BCUT2D eigenvalue weighted by Gasteiger charge is 2.46. The van der Waals surface area contributed by atoms with Gasteiger partial charge in [-0.05, 0) is 50.5 Å². The number of hydrogen-bond acceptors (Lipinski definition) is 9. The number of aromatic hydroxyl groups is 1. The number of nitrogens with one attached hydrogen (secondary N) is 1. The molecule has 3 aromatic rings. The van der Waals surface area contributed by atoms with Crippen molar-refractivity contribution in [3.8, 4) is 28.4 Å². The minimum absolute atomic E-state index is 0.105. The predicted octanol–water partition coefficient (Wildman–Crippen LogP) is 4.15. The van der Waals surface area contributed by atoms with Gasteiger partial charge >= 0.3 is 0 Å². The van der Waals surface area contributed by atoms with Crippen molar-refractivity contribution in [3.63, 3.8) is 0 Å². The molecule has 36 heavy (non-hydrogen) atoms. The Balaban J connectivity index is 1.26. The van der Waals surface area contributed by atoms with Gasteiger partial charge in [0.1, 0.15) is 17.6 Å². The highest BCUT2D eigenvalue weighted by atomic mass is 32.2. The Bertz CT molecular complexity index is 1260. The number of halogens is 2. The Morgan fingerprint density at radius 2 is 1.97 bits per heavy atom. The van der Waals surface area contributed by atoms with E-state index in [2.05, 4.69) is 35.4 Å². The van der Waals surface area contributed by atoms with Gasteiger partial charge in [0, 0.05) is 23.7 Å². The lowest BCUT2D eigenvalue weighted by Gasteiger charge is -2.47. The van der Waals surface area contributed by atoms with Gasteiger partial charge in [-0.25, -0.2) is 23.7 Å². The van der Waals surface area contributed by atoms with Crippen molar-refractivity contribution in [1.29, 1.82) is 0 Å². The Morgan fingerprint density at radius 1 is 1.11 bits per heavy atom. The molecule has 2 N–H and O–H groups in total. The molecule has 0 amide bonds. The second-order valence-corrected chi connectivity index (χ2v) is 10.5. The van der Waals surface area contributed by atoms with Crippen molar-refractivity contribution in [2.24, 2.45) is 0 Å². The van der Waals surface area contributed by atoms with Crippen LogP contribution in [0.2, 0.25) is 0 Å². The molecule has 6 rings (SSSR count). The topological polar surface area (TPSA) is 100.0 Å². The zero-order chi connectivity index (χ0) is 24.8. The molecule has 2 bridgehead atoms. The van der Waals surface area contributed by atoms with Crippen LogP contribution in [0.4, 0.5) is 14.6 Å². The first-order valence-electron chi connectivity index (χ1n) is 12.3. The van der Waals surface area contributed by atoms with E-state index in [-0.39, 0.29) is 35.4 Å². The van der Waals surface area contributed by atoms with Gasteiger partial charge < -0.3 is 15.3 Å². The van der Waals surface area contributed by atoms with Crippen LogP contribution < -0.4 is 10.2 Å². The van der Waals surface area contributed by atoms with Crippen molar-refractivity contribution in [1.82, 2.24) is 30.5 Å². The third-order valence-corrected chi connectivity index (χ3v) is 7.89. The fourth-order valence-electron chi connectivity index (χ4n) is 5.46. The molecule has 2 aromatic heterocycles. The van der Waals surface area contributed by atoms with E-state index in [0.29, 0.717) is 28.1 Å². The van der Waals surface area contributed by atoms with E-state index < -0.39 is 12.0 Å². The number of benzene rings is 1. The number of piperidine rings is 2. The molecule has 11 heteroatoms. The summed E-state index contributed by atoms with van der Waals surface area (Å²) in [6.07, 6.45) is 9.36. The fourth-order valence-corrected chi connectivity index (χ4v) is 5.80. The minimum atomic E-state index is -0.964. The van der Waals surface area contributed by atoms with Crippen LogP contribution in [0.3, 0.4) is 0 Å². The highest BCUT2D eigenvalue weighted by Crippen LogP contribution is 2.39. The van der Waals surface area contributed by atoms with Crippen molar-refractivity contribution in [2.75, 3.05) is 11.2 Å². The molecule has 1 saturated carbocycles. The summed E-state index contributed by atoms with van der Waals surface area (Å²) >= 11 is 1.30. The van der Waals surface area contributed by atoms with Gasteiger partial charge in [-0.15, -0.1) is 10.2 Å². The molecule has 4 heterocycles. The third kappa shape index (κ3) is 4.39. The van der Waals surface area contributed by atoms with Gasteiger partial charge in [0.05, 0.1) is 24.0 Å². The molecule has 3 fully saturated rings. The average Bonchev–Trinajstić information content (AvgIpc) is 3.73. The molecule has 8 nitrogen and oxygen atoms in total. The summed E-state index contributed by atoms with van der Waals surface area (Å²) in [6.45, 7) is 0. The molecule has 2 aliphatic heterocycles. The first-order chi connectivity index (χ1) is 17.5. The Labute approximate surface area is 212 Å². The van der Waals surface area contributed by atoms with Gasteiger partial charge in [-0.3, -0.25) is 0 Å². The van der Waals surface area contributed by atoms with Crippen molar-refractivity contribution < 1.29 is 13.9 Å². The summed E-state index contributed by atoms with van der Waals surface area (Å²) in [5.74, 6) is 0.124. The molecule has 3 aliphatic rings. The number of phenolic OH excluding ortho intramolecular Hbond substituents is 1. The number of thioether (sulfide) groups is 1. The number of fused-ring (bicyclic) bond motifs is 2.